The minimum Gasteiger partial charge on any atom is -0.390 e. The molecule has 0 aliphatic heterocycles. The summed E-state index contributed by atoms with van der Waals surface area (Å²) in [6, 6.07) is 0. The second kappa shape index (κ2) is 3.14. The van der Waals surface area contributed by atoms with Crippen LogP contribution in [0.25, 0.3) is 10.4 Å². The Hall–Kier alpha value is -1.06. The van der Waals surface area contributed by atoms with Crippen LogP contribution < -0.4 is 0 Å². The Kier molecular flexibility index (Phi) is 2.67. The Labute approximate surface area is 39.7 Å². The van der Waals surface area contributed by atoms with E-state index in [1.54, 1.807) is 0 Å². The van der Waals surface area contributed by atoms with E-state index >= 15 is 0 Å². The zero-order chi connectivity index (χ0) is 5.70. The maximum atomic E-state index is 7.98. The lowest BCUT2D eigenvalue weighted by Crippen LogP contribution is -1.94. The van der Waals surface area contributed by atoms with Gasteiger partial charge in [-0.1, -0.05) is 0 Å². The summed E-state index contributed by atoms with van der Waals surface area (Å²) in [5, 5.41) is 17.2. The standard InChI is InChI=1S/C2H4N4O/c3-2(1-7)5-6-4/h3,7H,1H2. The summed E-state index contributed by atoms with van der Waals surface area (Å²) in [5.41, 5.74) is 7.57. The molecule has 0 aliphatic rings. The van der Waals surface area contributed by atoms with Crippen LogP contribution in [0.3, 0.4) is 0 Å². The van der Waals surface area contributed by atoms with Crippen LogP contribution in [0, 0.1) is 5.41 Å². The zero-order valence-electron chi connectivity index (χ0n) is 3.50. The number of aliphatic hydroxyl groups excluding tert-OH is 1. The maximum Gasteiger partial charge on any atom is 0.120 e. The molecule has 0 rings (SSSR count). The third kappa shape index (κ3) is 2.75. The number of azide groups is 1. The Balaban J connectivity index is 3.58. The van der Waals surface area contributed by atoms with Gasteiger partial charge in [0.05, 0.1) is 6.61 Å². The molecule has 0 spiro atoms. The van der Waals surface area contributed by atoms with Gasteiger partial charge >= 0.3 is 0 Å². The highest BCUT2D eigenvalue weighted by Crippen LogP contribution is 1.70. The predicted octanol–water partition coefficient (Wildman–Crippen LogP) is 0.266. The Morgan fingerprint density at radius 3 is 2.71 bits per heavy atom. The summed E-state index contributed by atoms with van der Waals surface area (Å²) < 4.78 is 0. The average molecular weight is 100 g/mol. The molecule has 0 saturated carbocycles. The first-order valence-corrected chi connectivity index (χ1v) is 1.54. The van der Waals surface area contributed by atoms with Crippen molar-refractivity contribution in [2.45, 2.75) is 0 Å². The minimum absolute atomic E-state index is 0.359. The molecule has 0 aliphatic carbocycles. The molecule has 0 heterocycles. The molecule has 0 unspecified atom stereocenters. The van der Waals surface area contributed by atoms with E-state index in [-0.39, 0.29) is 5.84 Å². The Morgan fingerprint density at radius 2 is 2.57 bits per heavy atom. The molecule has 38 valence electrons. The van der Waals surface area contributed by atoms with Gasteiger partial charge < -0.3 is 10.5 Å². The van der Waals surface area contributed by atoms with Crippen LogP contribution >= 0.6 is 0 Å². The number of hydrogen-bond donors (Lipinski definition) is 2. The van der Waals surface area contributed by atoms with E-state index in [1.807, 2.05) is 0 Å². The van der Waals surface area contributed by atoms with Crippen LogP contribution in [-0.4, -0.2) is 17.5 Å². The molecular weight excluding hydrogens is 96.0 g/mol. The van der Waals surface area contributed by atoms with Crippen molar-refractivity contribution in [2.75, 3.05) is 6.61 Å². The fourth-order valence-electron chi connectivity index (χ4n) is 0.0856. The molecule has 2 N–H and O–H groups in total. The lowest BCUT2D eigenvalue weighted by Gasteiger charge is -1.79. The van der Waals surface area contributed by atoms with Crippen LogP contribution in [0.4, 0.5) is 0 Å². The monoisotopic (exact) mass is 100 g/mol. The number of aliphatic hydroxyl groups is 1. The van der Waals surface area contributed by atoms with Gasteiger partial charge in [-0.3, -0.25) is 0 Å². The number of hydrogen-bond acceptors (Lipinski definition) is 2. The van der Waals surface area contributed by atoms with Crippen molar-refractivity contribution >= 4 is 5.84 Å². The largest absolute Gasteiger partial charge is 0.390 e. The van der Waals surface area contributed by atoms with Crippen molar-refractivity contribution in [3.8, 4) is 0 Å². The van der Waals surface area contributed by atoms with Gasteiger partial charge in [-0.15, -0.1) is 0 Å². The van der Waals surface area contributed by atoms with Gasteiger partial charge in [0.1, 0.15) is 5.84 Å². The van der Waals surface area contributed by atoms with Crippen LogP contribution in [0.15, 0.2) is 5.11 Å². The summed E-state index contributed by atoms with van der Waals surface area (Å²) in [6.07, 6.45) is 0. The highest BCUT2D eigenvalue weighted by Gasteiger charge is 1.81. The average Bonchev–Trinajstić information content (AvgIpc) is 1.68. The summed E-state index contributed by atoms with van der Waals surface area (Å²) in [7, 11) is 0. The van der Waals surface area contributed by atoms with Gasteiger partial charge in [0.25, 0.3) is 0 Å². The summed E-state index contributed by atoms with van der Waals surface area (Å²) >= 11 is 0. The minimum atomic E-state index is -0.496. The molecule has 0 amide bonds. The quantitative estimate of drug-likeness (QED) is 0.160. The maximum absolute atomic E-state index is 7.98. The molecular formula is C2H4N4O. The highest BCUT2D eigenvalue weighted by molar-refractivity contribution is 5.80. The molecule has 0 aromatic heterocycles. The molecule has 5 heteroatoms. The van der Waals surface area contributed by atoms with Gasteiger partial charge in [0.2, 0.25) is 0 Å². The normalized spacial score (nSPS) is 7.00. The summed E-state index contributed by atoms with van der Waals surface area (Å²) in [5.74, 6) is -0.359. The molecule has 0 atom stereocenters. The van der Waals surface area contributed by atoms with E-state index in [0.29, 0.717) is 0 Å². The van der Waals surface area contributed by atoms with Gasteiger partial charge in [0, 0.05) is 4.91 Å². The van der Waals surface area contributed by atoms with E-state index in [4.69, 9.17) is 16.0 Å². The first-order chi connectivity index (χ1) is 3.31. The smallest absolute Gasteiger partial charge is 0.120 e. The number of amidine groups is 1. The third-order valence-electron chi connectivity index (χ3n) is 0.315. The first kappa shape index (κ1) is 5.94. The second-order valence-electron chi connectivity index (χ2n) is 0.794. The van der Waals surface area contributed by atoms with Crippen molar-refractivity contribution < 1.29 is 5.11 Å². The van der Waals surface area contributed by atoms with E-state index in [2.05, 4.69) is 10.0 Å². The van der Waals surface area contributed by atoms with E-state index in [0.717, 1.165) is 0 Å². The van der Waals surface area contributed by atoms with Gasteiger partial charge in [-0.05, 0) is 10.6 Å². The van der Waals surface area contributed by atoms with Crippen molar-refractivity contribution in [1.29, 1.82) is 5.41 Å². The van der Waals surface area contributed by atoms with E-state index in [9.17, 15) is 0 Å². The molecule has 5 nitrogen and oxygen atoms in total. The molecule has 0 fully saturated rings. The van der Waals surface area contributed by atoms with Crippen molar-refractivity contribution in [3.63, 3.8) is 0 Å². The van der Waals surface area contributed by atoms with Crippen LogP contribution in [0.5, 0.6) is 0 Å². The van der Waals surface area contributed by atoms with Gasteiger partial charge in [-0.25, -0.2) is 0 Å². The van der Waals surface area contributed by atoms with Crippen molar-refractivity contribution in [1.82, 2.24) is 0 Å². The summed E-state index contributed by atoms with van der Waals surface area (Å²) in [4.78, 5) is 2.25. The molecule has 0 bridgehead atoms. The zero-order valence-corrected chi connectivity index (χ0v) is 3.50. The lowest BCUT2D eigenvalue weighted by atomic mass is 10.7. The molecule has 0 radical (unpaired) electrons. The Morgan fingerprint density at radius 1 is 2.00 bits per heavy atom. The number of rotatable bonds is 1. The molecule has 0 aromatic rings. The van der Waals surface area contributed by atoms with Crippen molar-refractivity contribution in [2.24, 2.45) is 5.11 Å². The predicted molar refractivity (Wildman–Crippen MR) is 24.0 cm³/mol. The van der Waals surface area contributed by atoms with Crippen molar-refractivity contribution in [3.05, 3.63) is 10.4 Å². The van der Waals surface area contributed by atoms with E-state index in [1.165, 1.54) is 0 Å². The molecule has 0 aromatic carbocycles. The number of nitrogens with one attached hydrogen (secondary N) is 1. The Bertz CT molecular complexity index is 113. The molecule has 0 saturated heterocycles. The fraction of sp³-hybridized carbons (Fsp3) is 0.500. The van der Waals surface area contributed by atoms with Gasteiger partial charge in [0.15, 0.2) is 0 Å². The lowest BCUT2D eigenvalue weighted by molar-refractivity contribution is 0.355. The van der Waals surface area contributed by atoms with Crippen LogP contribution in [0.2, 0.25) is 0 Å². The third-order valence-corrected chi connectivity index (χ3v) is 0.315. The van der Waals surface area contributed by atoms with E-state index < -0.39 is 6.61 Å². The molecule has 7 heavy (non-hydrogen) atoms. The highest BCUT2D eigenvalue weighted by atomic mass is 16.3. The van der Waals surface area contributed by atoms with Gasteiger partial charge in [-0.2, -0.15) is 0 Å². The topological polar surface area (TPSA) is 92.8 Å². The second-order valence-corrected chi connectivity index (χ2v) is 0.794. The van der Waals surface area contributed by atoms with Crippen LogP contribution in [-0.2, 0) is 0 Å². The summed E-state index contributed by atoms with van der Waals surface area (Å²) in [6.45, 7) is -0.496. The SMILES string of the molecule is [N-]=[N+]=NC(=N)CO. The first-order valence-electron chi connectivity index (χ1n) is 1.54. The number of nitrogens with zero attached hydrogens (tertiary/aromatic N) is 3. The van der Waals surface area contributed by atoms with Crippen LogP contribution in [0.1, 0.15) is 0 Å². The fourth-order valence-corrected chi connectivity index (χ4v) is 0.0856.